The molecule has 22 heavy (non-hydrogen) atoms. The van der Waals surface area contributed by atoms with E-state index in [0.717, 1.165) is 37.9 Å². The third-order valence-electron chi connectivity index (χ3n) is 4.37. The summed E-state index contributed by atoms with van der Waals surface area (Å²) in [5, 5.41) is 0. The minimum Gasteiger partial charge on any atom is -0.345 e. The molecule has 0 spiro atoms. The number of imidazole rings is 1. The smallest absolute Gasteiger partial charge is 0.222 e. The maximum Gasteiger partial charge on any atom is 0.222 e. The molecule has 1 unspecified atom stereocenters. The molecular formula is C17H22N4O. The number of rotatable bonds is 5. The summed E-state index contributed by atoms with van der Waals surface area (Å²) in [6.45, 7) is 1.80. The second kappa shape index (κ2) is 6.73. The first kappa shape index (κ1) is 14.8. The molecule has 0 radical (unpaired) electrons. The van der Waals surface area contributed by atoms with E-state index in [-0.39, 0.29) is 5.91 Å². The van der Waals surface area contributed by atoms with Crippen LogP contribution in [0.15, 0.2) is 36.9 Å². The van der Waals surface area contributed by atoms with Crippen molar-refractivity contribution in [1.82, 2.24) is 19.4 Å². The van der Waals surface area contributed by atoms with Crippen LogP contribution in [-0.4, -0.2) is 38.9 Å². The summed E-state index contributed by atoms with van der Waals surface area (Å²) in [5.41, 5.74) is 1.16. The van der Waals surface area contributed by atoms with Crippen LogP contribution in [0, 0.1) is 5.92 Å². The summed E-state index contributed by atoms with van der Waals surface area (Å²) >= 11 is 0. The Kier molecular flexibility index (Phi) is 4.51. The highest BCUT2D eigenvalue weighted by Gasteiger charge is 2.21. The van der Waals surface area contributed by atoms with Gasteiger partial charge in [-0.1, -0.05) is 0 Å². The summed E-state index contributed by atoms with van der Waals surface area (Å²) in [5.74, 6) is 1.91. The molecule has 1 amide bonds. The van der Waals surface area contributed by atoms with Crippen LogP contribution in [0.1, 0.15) is 24.2 Å². The standard InChI is InChI=1S/C17H22N4O/c1-20(17(22)5-3-14-6-8-18-9-7-14)12-15-2-4-16-19-10-11-21(16)13-15/h6-11,15H,2-5,12-13H2,1H3. The highest BCUT2D eigenvalue weighted by molar-refractivity contribution is 5.76. The lowest BCUT2D eigenvalue weighted by Crippen LogP contribution is -2.35. The molecule has 0 saturated heterocycles. The highest BCUT2D eigenvalue weighted by Crippen LogP contribution is 2.19. The number of hydrogen-bond donors (Lipinski definition) is 0. The molecular weight excluding hydrogens is 276 g/mol. The molecule has 5 heteroatoms. The molecule has 1 aliphatic heterocycles. The van der Waals surface area contributed by atoms with E-state index in [1.165, 1.54) is 5.82 Å². The van der Waals surface area contributed by atoms with Crippen LogP contribution in [0.3, 0.4) is 0 Å². The SMILES string of the molecule is CN(CC1CCc2nccn2C1)C(=O)CCc1ccncc1. The number of pyridine rings is 1. The Labute approximate surface area is 131 Å². The average molecular weight is 298 g/mol. The van der Waals surface area contributed by atoms with Gasteiger partial charge in [-0.3, -0.25) is 9.78 Å². The van der Waals surface area contributed by atoms with E-state index in [1.54, 1.807) is 12.4 Å². The van der Waals surface area contributed by atoms with Gasteiger partial charge in [-0.25, -0.2) is 4.98 Å². The zero-order valence-electron chi connectivity index (χ0n) is 13.0. The molecule has 5 nitrogen and oxygen atoms in total. The topological polar surface area (TPSA) is 51.0 Å². The lowest BCUT2D eigenvalue weighted by Gasteiger charge is -2.28. The van der Waals surface area contributed by atoms with Gasteiger partial charge in [0.2, 0.25) is 5.91 Å². The molecule has 116 valence electrons. The molecule has 0 N–H and O–H groups in total. The summed E-state index contributed by atoms with van der Waals surface area (Å²) in [6.07, 6.45) is 10.9. The summed E-state index contributed by atoms with van der Waals surface area (Å²) in [6, 6.07) is 3.93. The van der Waals surface area contributed by atoms with Gasteiger partial charge in [0.05, 0.1) is 0 Å². The maximum absolute atomic E-state index is 12.3. The fourth-order valence-corrected chi connectivity index (χ4v) is 3.07. The van der Waals surface area contributed by atoms with Crippen molar-refractivity contribution in [3.8, 4) is 0 Å². The molecule has 0 aliphatic carbocycles. The van der Waals surface area contributed by atoms with E-state index in [2.05, 4.69) is 14.5 Å². The zero-order chi connectivity index (χ0) is 15.4. The van der Waals surface area contributed by atoms with Crippen LogP contribution in [-0.2, 0) is 24.2 Å². The number of aryl methyl sites for hydroxylation is 2. The van der Waals surface area contributed by atoms with Crippen molar-refractivity contribution in [3.05, 3.63) is 48.3 Å². The quantitative estimate of drug-likeness (QED) is 0.847. The van der Waals surface area contributed by atoms with E-state index in [9.17, 15) is 4.79 Å². The van der Waals surface area contributed by atoms with Gasteiger partial charge >= 0.3 is 0 Å². The molecule has 0 aromatic carbocycles. The van der Waals surface area contributed by atoms with E-state index in [0.29, 0.717) is 12.3 Å². The molecule has 0 bridgehead atoms. The largest absolute Gasteiger partial charge is 0.345 e. The number of fused-ring (bicyclic) bond motifs is 1. The minimum atomic E-state index is 0.216. The molecule has 3 heterocycles. The first-order chi connectivity index (χ1) is 10.7. The van der Waals surface area contributed by atoms with Crippen LogP contribution in [0.2, 0.25) is 0 Å². The van der Waals surface area contributed by atoms with Gasteiger partial charge in [-0.15, -0.1) is 0 Å². The van der Waals surface area contributed by atoms with E-state index in [1.807, 2.05) is 36.5 Å². The van der Waals surface area contributed by atoms with E-state index in [4.69, 9.17) is 0 Å². The highest BCUT2D eigenvalue weighted by atomic mass is 16.2. The average Bonchev–Trinajstić information content (AvgIpc) is 3.01. The summed E-state index contributed by atoms with van der Waals surface area (Å²) in [4.78, 5) is 22.5. The van der Waals surface area contributed by atoms with Gasteiger partial charge in [0.25, 0.3) is 0 Å². The maximum atomic E-state index is 12.3. The Hall–Kier alpha value is -2.17. The van der Waals surface area contributed by atoms with Crippen molar-refractivity contribution < 1.29 is 4.79 Å². The van der Waals surface area contributed by atoms with Crippen LogP contribution in [0.4, 0.5) is 0 Å². The van der Waals surface area contributed by atoms with Gasteiger partial charge in [-0.2, -0.15) is 0 Å². The lowest BCUT2D eigenvalue weighted by molar-refractivity contribution is -0.130. The van der Waals surface area contributed by atoms with Crippen LogP contribution >= 0.6 is 0 Å². The number of amides is 1. The number of carbonyl (C=O) groups is 1. The van der Waals surface area contributed by atoms with Gasteiger partial charge in [0.1, 0.15) is 5.82 Å². The van der Waals surface area contributed by atoms with Crippen molar-refractivity contribution in [1.29, 1.82) is 0 Å². The fourth-order valence-electron chi connectivity index (χ4n) is 3.07. The number of nitrogens with zero attached hydrogens (tertiary/aromatic N) is 4. The normalized spacial score (nSPS) is 17.0. The summed E-state index contributed by atoms with van der Waals surface area (Å²) < 4.78 is 2.21. The van der Waals surface area contributed by atoms with E-state index < -0.39 is 0 Å². The van der Waals surface area contributed by atoms with Crippen molar-refractivity contribution in [2.75, 3.05) is 13.6 Å². The number of aromatic nitrogens is 3. The second-order valence-electron chi connectivity index (χ2n) is 6.03. The van der Waals surface area contributed by atoms with Crippen molar-refractivity contribution in [2.24, 2.45) is 5.92 Å². The van der Waals surface area contributed by atoms with Crippen molar-refractivity contribution in [2.45, 2.75) is 32.2 Å². The molecule has 1 aliphatic rings. The molecule has 3 rings (SSSR count). The second-order valence-corrected chi connectivity index (χ2v) is 6.03. The molecule has 2 aromatic rings. The van der Waals surface area contributed by atoms with Gasteiger partial charge in [0, 0.05) is 57.8 Å². The number of carbonyl (C=O) groups excluding carboxylic acids is 1. The minimum absolute atomic E-state index is 0.216. The Balaban J connectivity index is 1.47. The Morgan fingerprint density at radius 3 is 3.00 bits per heavy atom. The fraction of sp³-hybridized carbons (Fsp3) is 0.471. The lowest BCUT2D eigenvalue weighted by atomic mass is 9.98. The van der Waals surface area contributed by atoms with E-state index >= 15 is 0 Å². The Bertz CT molecular complexity index is 623. The van der Waals surface area contributed by atoms with Crippen LogP contribution < -0.4 is 0 Å². The Morgan fingerprint density at radius 2 is 2.18 bits per heavy atom. The molecule has 1 atom stereocenters. The van der Waals surface area contributed by atoms with Gasteiger partial charge in [0.15, 0.2) is 0 Å². The molecule has 0 fully saturated rings. The number of hydrogen-bond acceptors (Lipinski definition) is 3. The first-order valence-corrected chi connectivity index (χ1v) is 7.85. The van der Waals surface area contributed by atoms with Gasteiger partial charge in [-0.05, 0) is 36.5 Å². The monoisotopic (exact) mass is 298 g/mol. The Morgan fingerprint density at radius 1 is 1.36 bits per heavy atom. The predicted molar refractivity (Wildman–Crippen MR) is 84.2 cm³/mol. The molecule has 0 saturated carbocycles. The third kappa shape index (κ3) is 3.53. The third-order valence-corrected chi connectivity index (χ3v) is 4.37. The van der Waals surface area contributed by atoms with Gasteiger partial charge < -0.3 is 9.47 Å². The zero-order valence-corrected chi connectivity index (χ0v) is 13.0. The molecule has 2 aromatic heterocycles. The predicted octanol–water partition coefficient (Wildman–Crippen LogP) is 1.93. The van der Waals surface area contributed by atoms with Crippen LogP contribution in [0.25, 0.3) is 0 Å². The van der Waals surface area contributed by atoms with Crippen molar-refractivity contribution in [3.63, 3.8) is 0 Å². The summed E-state index contributed by atoms with van der Waals surface area (Å²) in [7, 11) is 1.91. The first-order valence-electron chi connectivity index (χ1n) is 7.85. The van der Waals surface area contributed by atoms with Crippen molar-refractivity contribution >= 4 is 5.91 Å². The van der Waals surface area contributed by atoms with Crippen LogP contribution in [0.5, 0.6) is 0 Å².